The van der Waals surface area contributed by atoms with Gasteiger partial charge in [0.2, 0.25) is 11.8 Å². The van der Waals surface area contributed by atoms with Gasteiger partial charge >= 0.3 is 0 Å². The second-order valence-corrected chi connectivity index (χ2v) is 10.2. The van der Waals surface area contributed by atoms with E-state index in [0.717, 1.165) is 23.4 Å². The summed E-state index contributed by atoms with van der Waals surface area (Å²) in [6.45, 7) is 8.37. The lowest BCUT2D eigenvalue weighted by Gasteiger charge is -2.39. The maximum Gasteiger partial charge on any atom is 0.241 e. The van der Waals surface area contributed by atoms with Crippen LogP contribution in [0, 0.1) is 0 Å². The molecule has 2 aromatic rings. The van der Waals surface area contributed by atoms with Gasteiger partial charge in [-0.2, -0.15) is 0 Å². The third-order valence-electron chi connectivity index (χ3n) is 6.63. The van der Waals surface area contributed by atoms with E-state index in [2.05, 4.69) is 44.3 Å². The number of carbonyl (C=O) groups is 2. The molecule has 1 fully saturated rings. The number of rotatable bonds is 5. The number of nitrogens with one attached hydrogen (secondary N) is 1. The van der Waals surface area contributed by atoms with Crippen LogP contribution in [0.5, 0.6) is 0 Å². The summed E-state index contributed by atoms with van der Waals surface area (Å²) >= 11 is 0. The lowest BCUT2D eigenvalue weighted by molar-refractivity contribution is -0.136. The normalized spacial score (nSPS) is 21.5. The lowest BCUT2D eigenvalue weighted by atomic mass is 9.91. The van der Waals surface area contributed by atoms with Crippen molar-refractivity contribution in [2.75, 3.05) is 45.2 Å². The molecular weight excluding hydrogens is 426 g/mol. The third-order valence-corrected chi connectivity index (χ3v) is 6.63. The number of hydrogen-bond acceptors (Lipinski definition) is 5. The van der Waals surface area contributed by atoms with Crippen LogP contribution in [0.2, 0.25) is 0 Å². The van der Waals surface area contributed by atoms with Gasteiger partial charge in [0.15, 0.2) is 0 Å². The van der Waals surface area contributed by atoms with Crippen LogP contribution in [0.3, 0.4) is 0 Å². The first-order valence-electron chi connectivity index (χ1n) is 11.7. The Labute approximate surface area is 204 Å². The van der Waals surface area contributed by atoms with Gasteiger partial charge in [-0.05, 0) is 30.5 Å². The molecule has 184 valence electrons. The molecule has 1 aromatic heterocycles. The van der Waals surface area contributed by atoms with Crippen LogP contribution in [0.4, 0.5) is 5.69 Å². The molecule has 2 aliphatic rings. The molecule has 2 aliphatic heterocycles. The van der Waals surface area contributed by atoms with E-state index in [1.165, 1.54) is 5.56 Å². The largest absolute Gasteiger partial charge is 0.347 e. The molecule has 0 unspecified atom stereocenters. The molecule has 0 aliphatic carbocycles. The fraction of sp³-hybridized carbons (Fsp3) is 0.519. The lowest BCUT2D eigenvalue weighted by Crippen LogP contribution is -2.62. The van der Waals surface area contributed by atoms with Gasteiger partial charge in [-0.3, -0.25) is 19.5 Å². The Morgan fingerprint density at radius 3 is 2.56 bits per heavy atom. The van der Waals surface area contributed by atoms with Crippen molar-refractivity contribution in [2.45, 2.75) is 52.1 Å². The zero-order chi connectivity index (χ0) is 23.8. The molecular formula is C27H39N5O2. The molecule has 0 bridgehead atoms. The van der Waals surface area contributed by atoms with E-state index in [1.807, 2.05) is 34.2 Å². The summed E-state index contributed by atoms with van der Waals surface area (Å²) in [5, 5.41) is 3.38. The Bertz CT molecular complexity index is 1020. The van der Waals surface area contributed by atoms with Crippen molar-refractivity contribution in [3.05, 3.63) is 59.4 Å². The minimum absolute atomic E-state index is 0. The van der Waals surface area contributed by atoms with Crippen LogP contribution in [0.15, 0.2) is 42.6 Å². The van der Waals surface area contributed by atoms with Gasteiger partial charge < -0.3 is 15.1 Å². The minimum Gasteiger partial charge on any atom is -0.347 e. The number of aromatic nitrogens is 1. The molecule has 2 amide bonds. The molecule has 1 saturated heterocycles. The Hall–Kier alpha value is -2.77. The summed E-state index contributed by atoms with van der Waals surface area (Å²) in [6.07, 6.45) is 2.71. The van der Waals surface area contributed by atoms with E-state index in [0.29, 0.717) is 19.6 Å². The van der Waals surface area contributed by atoms with Crippen LogP contribution in [0.1, 0.15) is 45.0 Å². The van der Waals surface area contributed by atoms with E-state index >= 15 is 0 Å². The molecule has 3 heterocycles. The summed E-state index contributed by atoms with van der Waals surface area (Å²) in [5.41, 5.74) is 3.95. The molecule has 34 heavy (non-hydrogen) atoms. The quantitative estimate of drug-likeness (QED) is 0.735. The van der Waals surface area contributed by atoms with Gasteiger partial charge in [-0.1, -0.05) is 51.6 Å². The van der Waals surface area contributed by atoms with Gasteiger partial charge in [0.05, 0.1) is 17.9 Å². The molecule has 1 aromatic carbocycles. The highest BCUT2D eigenvalue weighted by molar-refractivity contribution is 5.97. The van der Waals surface area contributed by atoms with Crippen LogP contribution < -0.4 is 10.2 Å². The number of pyridine rings is 1. The zero-order valence-corrected chi connectivity index (χ0v) is 20.3. The molecule has 1 N–H and O–H groups in total. The fourth-order valence-electron chi connectivity index (χ4n) is 4.89. The highest BCUT2D eigenvalue weighted by atomic mass is 16.2. The van der Waals surface area contributed by atoms with Gasteiger partial charge in [0.25, 0.3) is 0 Å². The van der Waals surface area contributed by atoms with E-state index in [1.54, 1.807) is 19.0 Å². The predicted octanol–water partition coefficient (Wildman–Crippen LogP) is 2.68. The van der Waals surface area contributed by atoms with Crippen molar-refractivity contribution >= 4 is 17.5 Å². The predicted molar refractivity (Wildman–Crippen MR) is 137 cm³/mol. The standard InChI is InChI=1S/C26H35N5O2.CH4/c1-18-15-30(22(14-27-18)25(33)29(4)5)16-23(32)31-17-26(2,3)24-21(31)12-20(13-28-24)11-19-9-7-6-8-10-19;/h6-10,12-13,18,22,27H,11,14-17H2,1-5H3;1H4/t18-,22-;/m1./s1. The van der Waals surface area contributed by atoms with Crippen molar-refractivity contribution in [1.82, 2.24) is 20.1 Å². The number of benzene rings is 1. The molecule has 2 atom stereocenters. The van der Waals surface area contributed by atoms with Crippen molar-refractivity contribution < 1.29 is 9.59 Å². The number of hydrogen-bond donors (Lipinski definition) is 1. The topological polar surface area (TPSA) is 68.8 Å². The number of piperazine rings is 1. The van der Waals surface area contributed by atoms with Crippen LogP contribution >= 0.6 is 0 Å². The molecule has 0 radical (unpaired) electrons. The number of nitrogens with zero attached hydrogens (tertiary/aromatic N) is 4. The second-order valence-electron chi connectivity index (χ2n) is 10.2. The maximum atomic E-state index is 13.6. The van der Waals surface area contributed by atoms with Gasteiger partial charge in [0.1, 0.15) is 6.04 Å². The van der Waals surface area contributed by atoms with Crippen LogP contribution in [0.25, 0.3) is 0 Å². The van der Waals surface area contributed by atoms with E-state index < -0.39 is 0 Å². The van der Waals surface area contributed by atoms with Crippen molar-refractivity contribution in [3.8, 4) is 0 Å². The number of anilines is 1. The summed E-state index contributed by atoms with van der Waals surface area (Å²) in [7, 11) is 3.53. The molecule has 4 rings (SSSR count). The number of fused-ring (bicyclic) bond motifs is 1. The van der Waals surface area contributed by atoms with E-state index in [-0.39, 0.29) is 43.3 Å². The number of likely N-dealkylation sites (N-methyl/N-ethyl adjacent to an activating group) is 1. The molecule has 0 saturated carbocycles. The average Bonchev–Trinajstić information content (AvgIpc) is 3.04. The smallest absolute Gasteiger partial charge is 0.241 e. The highest BCUT2D eigenvalue weighted by Gasteiger charge is 2.41. The summed E-state index contributed by atoms with van der Waals surface area (Å²) in [6, 6.07) is 12.3. The number of carbonyl (C=O) groups excluding carboxylic acids is 2. The monoisotopic (exact) mass is 465 g/mol. The van der Waals surface area contributed by atoms with Gasteiger partial charge in [-0.25, -0.2) is 0 Å². The molecule has 7 heteroatoms. The average molecular weight is 466 g/mol. The van der Waals surface area contributed by atoms with Crippen LogP contribution in [-0.4, -0.2) is 79.0 Å². The minimum atomic E-state index is -0.335. The molecule has 7 nitrogen and oxygen atoms in total. The number of amides is 2. The zero-order valence-electron chi connectivity index (χ0n) is 20.3. The van der Waals surface area contributed by atoms with Crippen molar-refractivity contribution in [2.24, 2.45) is 0 Å². The first-order chi connectivity index (χ1) is 15.7. The third kappa shape index (κ3) is 5.31. The Morgan fingerprint density at radius 1 is 1.18 bits per heavy atom. The SMILES string of the molecule is C.C[C@@H]1CN(CC(=O)N2CC(C)(C)c3ncc(Cc4ccccc4)cc32)[C@@H](C(=O)N(C)C)CN1. The molecule has 0 spiro atoms. The van der Waals surface area contributed by atoms with E-state index in [9.17, 15) is 9.59 Å². The summed E-state index contributed by atoms with van der Waals surface area (Å²) < 4.78 is 0. The Kier molecular flexibility index (Phi) is 7.78. The first kappa shape index (κ1) is 25.8. The van der Waals surface area contributed by atoms with Crippen molar-refractivity contribution in [1.29, 1.82) is 0 Å². The van der Waals surface area contributed by atoms with Gasteiger partial charge in [-0.15, -0.1) is 0 Å². The van der Waals surface area contributed by atoms with Crippen molar-refractivity contribution in [3.63, 3.8) is 0 Å². The Balaban J connectivity index is 0.00000324. The summed E-state index contributed by atoms with van der Waals surface area (Å²) in [5.74, 6) is 0.0438. The highest BCUT2D eigenvalue weighted by Crippen LogP contribution is 2.39. The van der Waals surface area contributed by atoms with E-state index in [4.69, 9.17) is 4.98 Å². The Morgan fingerprint density at radius 2 is 1.88 bits per heavy atom. The fourth-order valence-corrected chi connectivity index (χ4v) is 4.89. The first-order valence-corrected chi connectivity index (χ1v) is 11.7. The maximum absolute atomic E-state index is 13.6. The second kappa shape index (κ2) is 10.2. The van der Waals surface area contributed by atoms with Gasteiger partial charge in [0, 0.05) is 51.4 Å². The summed E-state index contributed by atoms with van der Waals surface area (Å²) in [4.78, 5) is 36.6. The van der Waals surface area contributed by atoms with Crippen LogP contribution in [-0.2, 0) is 21.4 Å².